The minimum atomic E-state index is 0.105. The van der Waals surface area contributed by atoms with Gasteiger partial charge in [-0.25, -0.2) is 0 Å². The molecule has 0 aliphatic heterocycles. The van der Waals surface area contributed by atoms with Gasteiger partial charge in [0.25, 0.3) is 0 Å². The second kappa shape index (κ2) is 6.93. The van der Waals surface area contributed by atoms with Crippen molar-refractivity contribution in [2.45, 2.75) is 28.4 Å². The lowest BCUT2D eigenvalue weighted by Crippen LogP contribution is -2.14. The summed E-state index contributed by atoms with van der Waals surface area (Å²) in [6.45, 7) is 2.25. The zero-order valence-electron chi connectivity index (χ0n) is 10.1. The van der Waals surface area contributed by atoms with Crippen LogP contribution in [-0.2, 0) is 0 Å². The van der Waals surface area contributed by atoms with E-state index in [0.717, 1.165) is 21.8 Å². The quantitative estimate of drug-likeness (QED) is 0.422. The van der Waals surface area contributed by atoms with Crippen LogP contribution >= 0.6 is 23.5 Å². The Bertz CT molecular complexity index is 396. The molecular weight excluding hydrogens is 252 g/mol. The molecule has 0 fully saturated rings. The van der Waals surface area contributed by atoms with Crippen LogP contribution in [0, 0.1) is 5.41 Å². The minimum absolute atomic E-state index is 0.105. The van der Waals surface area contributed by atoms with Gasteiger partial charge in [-0.1, -0.05) is 13.0 Å². The summed E-state index contributed by atoms with van der Waals surface area (Å²) in [4.78, 5) is 2.05. The van der Waals surface area contributed by atoms with Crippen molar-refractivity contribution >= 4 is 29.4 Å². The van der Waals surface area contributed by atoms with E-state index in [-0.39, 0.29) is 12.4 Å². The van der Waals surface area contributed by atoms with E-state index in [0.29, 0.717) is 5.25 Å². The number of nitrogens with one attached hydrogen (secondary N) is 1. The first kappa shape index (κ1) is 14.4. The average Bonchev–Trinajstić information content (AvgIpc) is 2.28. The van der Waals surface area contributed by atoms with Gasteiger partial charge in [0, 0.05) is 27.2 Å². The van der Waals surface area contributed by atoms with Crippen molar-refractivity contribution in [2.75, 3.05) is 12.9 Å². The van der Waals surface area contributed by atoms with Gasteiger partial charge in [0.2, 0.25) is 0 Å². The fourth-order valence-electron chi connectivity index (χ4n) is 1.50. The van der Waals surface area contributed by atoms with Gasteiger partial charge in [0.1, 0.15) is 5.84 Å². The molecule has 4 N–H and O–H groups in total. The summed E-state index contributed by atoms with van der Waals surface area (Å²) in [5.41, 5.74) is 6.46. The molecule has 3 nitrogen and oxygen atoms in total. The number of aliphatic hydroxyl groups is 1. The smallest absolute Gasteiger partial charge is 0.125 e. The lowest BCUT2D eigenvalue weighted by molar-refractivity contribution is 0.289. The summed E-state index contributed by atoms with van der Waals surface area (Å²) in [6, 6.07) is 5.93. The Morgan fingerprint density at radius 1 is 1.47 bits per heavy atom. The average molecular weight is 270 g/mol. The van der Waals surface area contributed by atoms with Crippen molar-refractivity contribution in [1.82, 2.24) is 0 Å². The van der Waals surface area contributed by atoms with E-state index in [4.69, 9.17) is 16.2 Å². The predicted molar refractivity (Wildman–Crippen MR) is 76.3 cm³/mol. The SMILES string of the molecule is CSc1cccc(SC(C)CCO)c1C(=N)N. The minimum Gasteiger partial charge on any atom is -0.396 e. The van der Waals surface area contributed by atoms with Gasteiger partial charge in [-0.15, -0.1) is 23.5 Å². The number of benzene rings is 1. The van der Waals surface area contributed by atoms with Gasteiger partial charge in [-0.2, -0.15) is 0 Å². The molecule has 0 heterocycles. The zero-order chi connectivity index (χ0) is 12.8. The summed E-state index contributed by atoms with van der Waals surface area (Å²) < 4.78 is 0. The fourth-order valence-corrected chi connectivity index (χ4v) is 3.36. The Morgan fingerprint density at radius 2 is 2.12 bits per heavy atom. The first-order chi connectivity index (χ1) is 8.10. The molecule has 0 saturated heterocycles. The number of nitrogens with two attached hydrogens (primary N) is 1. The third-order valence-corrected chi connectivity index (χ3v) is 4.35. The topological polar surface area (TPSA) is 70.1 Å². The van der Waals surface area contributed by atoms with E-state index in [2.05, 4.69) is 6.92 Å². The number of hydrogen-bond donors (Lipinski definition) is 3. The molecule has 0 spiro atoms. The lowest BCUT2D eigenvalue weighted by Gasteiger charge is -2.15. The molecule has 1 aromatic rings. The molecule has 5 heteroatoms. The van der Waals surface area contributed by atoms with Crippen molar-refractivity contribution in [3.8, 4) is 0 Å². The Kier molecular flexibility index (Phi) is 5.88. The van der Waals surface area contributed by atoms with Crippen LogP contribution in [-0.4, -0.2) is 29.1 Å². The van der Waals surface area contributed by atoms with Crippen molar-refractivity contribution in [3.63, 3.8) is 0 Å². The lowest BCUT2D eigenvalue weighted by atomic mass is 10.2. The zero-order valence-corrected chi connectivity index (χ0v) is 11.7. The molecule has 94 valence electrons. The van der Waals surface area contributed by atoms with Crippen LogP contribution in [0.5, 0.6) is 0 Å². The van der Waals surface area contributed by atoms with Crippen molar-refractivity contribution in [2.24, 2.45) is 5.73 Å². The van der Waals surface area contributed by atoms with Crippen LogP contribution < -0.4 is 5.73 Å². The standard InChI is InChI=1S/C12H18N2OS2/c1-8(6-7-15)17-10-5-3-4-9(16-2)11(10)12(13)14/h3-5,8,15H,6-7H2,1-2H3,(H3,13,14). The van der Waals surface area contributed by atoms with Crippen LogP contribution in [0.25, 0.3) is 0 Å². The Hall–Kier alpha value is -0.650. The molecule has 0 radical (unpaired) electrons. The van der Waals surface area contributed by atoms with Crippen LogP contribution in [0.3, 0.4) is 0 Å². The molecule has 1 unspecified atom stereocenters. The van der Waals surface area contributed by atoms with Crippen LogP contribution in [0.2, 0.25) is 0 Å². The second-order valence-corrected chi connectivity index (χ2v) is 6.02. The Balaban J connectivity index is 3.02. The molecule has 0 bridgehead atoms. The van der Waals surface area contributed by atoms with E-state index >= 15 is 0 Å². The molecule has 0 aromatic heterocycles. The van der Waals surface area contributed by atoms with E-state index < -0.39 is 0 Å². The van der Waals surface area contributed by atoms with Crippen LogP contribution in [0.1, 0.15) is 18.9 Å². The number of amidine groups is 1. The first-order valence-electron chi connectivity index (χ1n) is 5.39. The molecule has 0 saturated carbocycles. The third kappa shape index (κ3) is 3.94. The van der Waals surface area contributed by atoms with Crippen LogP contribution in [0.15, 0.2) is 28.0 Å². The highest BCUT2D eigenvalue weighted by atomic mass is 32.2. The van der Waals surface area contributed by atoms with Gasteiger partial charge in [-0.05, 0) is 24.8 Å². The first-order valence-corrected chi connectivity index (χ1v) is 7.49. The highest BCUT2D eigenvalue weighted by molar-refractivity contribution is 8.00. The van der Waals surface area contributed by atoms with Crippen molar-refractivity contribution in [3.05, 3.63) is 23.8 Å². The number of nitrogen functional groups attached to an aromatic ring is 1. The van der Waals surface area contributed by atoms with E-state index in [9.17, 15) is 0 Å². The van der Waals surface area contributed by atoms with Gasteiger partial charge in [0.15, 0.2) is 0 Å². The maximum Gasteiger partial charge on any atom is 0.125 e. The number of aliphatic hydroxyl groups excluding tert-OH is 1. The maximum atomic E-state index is 8.91. The highest BCUT2D eigenvalue weighted by Crippen LogP contribution is 2.33. The fraction of sp³-hybridized carbons (Fsp3) is 0.417. The van der Waals surface area contributed by atoms with Gasteiger partial charge in [0.05, 0.1) is 0 Å². The monoisotopic (exact) mass is 270 g/mol. The Morgan fingerprint density at radius 3 is 2.65 bits per heavy atom. The summed E-state index contributed by atoms with van der Waals surface area (Å²) in [5, 5.41) is 16.9. The summed E-state index contributed by atoms with van der Waals surface area (Å²) in [7, 11) is 0. The van der Waals surface area contributed by atoms with E-state index in [1.54, 1.807) is 23.5 Å². The Labute approximate surface area is 111 Å². The summed E-state index contributed by atoms with van der Waals surface area (Å²) >= 11 is 3.25. The highest BCUT2D eigenvalue weighted by Gasteiger charge is 2.13. The van der Waals surface area contributed by atoms with E-state index in [1.807, 2.05) is 24.5 Å². The third-order valence-electron chi connectivity index (χ3n) is 2.34. The molecule has 1 rings (SSSR count). The molecular formula is C12H18N2OS2. The number of hydrogen-bond acceptors (Lipinski definition) is 4. The van der Waals surface area contributed by atoms with Gasteiger partial charge < -0.3 is 10.8 Å². The number of rotatable bonds is 6. The maximum absolute atomic E-state index is 8.91. The number of thioether (sulfide) groups is 2. The summed E-state index contributed by atoms with van der Waals surface area (Å²) in [6.07, 6.45) is 2.72. The van der Waals surface area contributed by atoms with Crippen molar-refractivity contribution < 1.29 is 5.11 Å². The van der Waals surface area contributed by atoms with E-state index in [1.165, 1.54) is 0 Å². The molecule has 1 aromatic carbocycles. The molecule has 0 aliphatic carbocycles. The molecule has 0 amide bonds. The molecule has 0 aliphatic rings. The predicted octanol–water partition coefficient (Wildman–Crippen LogP) is 2.56. The molecule has 1 atom stereocenters. The van der Waals surface area contributed by atoms with Crippen LogP contribution in [0.4, 0.5) is 0 Å². The summed E-state index contributed by atoms with van der Waals surface area (Å²) in [5.74, 6) is 0.105. The van der Waals surface area contributed by atoms with Crippen molar-refractivity contribution in [1.29, 1.82) is 5.41 Å². The van der Waals surface area contributed by atoms with Gasteiger partial charge in [-0.3, -0.25) is 5.41 Å². The normalized spacial score (nSPS) is 12.4. The second-order valence-electron chi connectivity index (χ2n) is 3.69. The largest absolute Gasteiger partial charge is 0.396 e. The molecule has 17 heavy (non-hydrogen) atoms. The van der Waals surface area contributed by atoms with Gasteiger partial charge >= 0.3 is 0 Å².